The van der Waals surface area contributed by atoms with Crippen molar-refractivity contribution in [2.75, 3.05) is 29.9 Å². The Labute approximate surface area is 247 Å². The van der Waals surface area contributed by atoms with Crippen LogP contribution in [0.5, 0.6) is 0 Å². The first-order valence-corrected chi connectivity index (χ1v) is 14.8. The van der Waals surface area contributed by atoms with Gasteiger partial charge < -0.3 is 15.5 Å². The Morgan fingerprint density at radius 2 is 1.41 bits per heavy atom. The fourth-order valence-corrected chi connectivity index (χ4v) is 5.64. The SMILES string of the molecule is O=C(NCCc1ccccc1)c1cc(NC(=O)C(Cl)c2ccccc2)ccc1N1CCC(Cc2ccccc2)CC1. The zero-order chi connectivity index (χ0) is 28.4. The van der Waals surface area contributed by atoms with E-state index in [1.165, 1.54) is 11.1 Å². The molecule has 6 heteroatoms. The van der Waals surface area contributed by atoms with E-state index in [9.17, 15) is 9.59 Å². The van der Waals surface area contributed by atoms with E-state index < -0.39 is 5.38 Å². The first-order chi connectivity index (χ1) is 20.1. The van der Waals surface area contributed by atoms with Gasteiger partial charge in [-0.05, 0) is 66.5 Å². The lowest BCUT2D eigenvalue weighted by Gasteiger charge is -2.35. The zero-order valence-corrected chi connectivity index (χ0v) is 23.9. The summed E-state index contributed by atoms with van der Waals surface area (Å²) >= 11 is 6.46. The average molecular weight is 566 g/mol. The van der Waals surface area contributed by atoms with Gasteiger partial charge in [0, 0.05) is 31.0 Å². The number of carbonyl (C=O) groups is 2. The van der Waals surface area contributed by atoms with Crippen molar-refractivity contribution in [2.45, 2.75) is 31.1 Å². The number of rotatable bonds is 10. The third-order valence-electron chi connectivity index (χ3n) is 7.70. The van der Waals surface area contributed by atoms with Crippen LogP contribution in [0.1, 0.15) is 45.3 Å². The Morgan fingerprint density at radius 3 is 2.07 bits per heavy atom. The molecule has 0 saturated carbocycles. The van der Waals surface area contributed by atoms with E-state index in [1.807, 2.05) is 60.7 Å². The summed E-state index contributed by atoms with van der Waals surface area (Å²) in [5, 5.41) is 5.17. The molecule has 0 aromatic heterocycles. The second kappa shape index (κ2) is 14.0. The quantitative estimate of drug-likeness (QED) is 0.203. The number of hydrogen-bond donors (Lipinski definition) is 2. The second-order valence-electron chi connectivity index (χ2n) is 10.6. The highest BCUT2D eigenvalue weighted by Crippen LogP contribution is 2.31. The molecule has 210 valence electrons. The van der Waals surface area contributed by atoms with Gasteiger partial charge >= 0.3 is 0 Å². The van der Waals surface area contributed by atoms with Gasteiger partial charge in [-0.2, -0.15) is 0 Å². The molecule has 1 aliphatic rings. The first-order valence-electron chi connectivity index (χ1n) is 14.3. The van der Waals surface area contributed by atoms with Gasteiger partial charge in [0.1, 0.15) is 5.38 Å². The predicted molar refractivity (Wildman–Crippen MR) is 168 cm³/mol. The molecule has 2 amide bonds. The molecule has 0 radical (unpaired) electrons. The lowest BCUT2D eigenvalue weighted by atomic mass is 9.89. The van der Waals surface area contributed by atoms with E-state index in [1.54, 1.807) is 6.07 Å². The number of hydrogen-bond acceptors (Lipinski definition) is 3. The zero-order valence-electron chi connectivity index (χ0n) is 23.1. The molecule has 2 N–H and O–H groups in total. The number of carbonyl (C=O) groups excluding carboxylic acids is 2. The molecule has 0 aliphatic carbocycles. The van der Waals surface area contributed by atoms with Gasteiger partial charge in [0.2, 0.25) is 5.91 Å². The maximum absolute atomic E-state index is 13.5. The van der Waals surface area contributed by atoms with Gasteiger partial charge in [0.15, 0.2) is 0 Å². The van der Waals surface area contributed by atoms with Crippen LogP contribution in [0.15, 0.2) is 109 Å². The minimum Gasteiger partial charge on any atom is -0.371 e. The maximum atomic E-state index is 13.5. The minimum absolute atomic E-state index is 0.149. The molecule has 1 aliphatic heterocycles. The van der Waals surface area contributed by atoms with Crippen molar-refractivity contribution in [1.29, 1.82) is 0 Å². The number of nitrogens with one attached hydrogen (secondary N) is 2. The number of benzene rings is 4. The summed E-state index contributed by atoms with van der Waals surface area (Å²) < 4.78 is 0. The molecule has 1 unspecified atom stereocenters. The fourth-order valence-electron chi connectivity index (χ4n) is 5.44. The highest BCUT2D eigenvalue weighted by Gasteiger charge is 2.24. The van der Waals surface area contributed by atoms with Gasteiger partial charge in [0.05, 0.1) is 5.56 Å². The van der Waals surface area contributed by atoms with Gasteiger partial charge in [-0.25, -0.2) is 0 Å². The lowest BCUT2D eigenvalue weighted by molar-refractivity contribution is -0.116. The predicted octanol–water partition coefficient (Wildman–Crippen LogP) is 7.04. The number of halogens is 1. The molecule has 1 fully saturated rings. The summed E-state index contributed by atoms with van der Waals surface area (Å²) in [6.07, 6.45) is 3.95. The Hall–Kier alpha value is -4.09. The van der Waals surface area contributed by atoms with Gasteiger partial charge in [-0.3, -0.25) is 9.59 Å². The van der Waals surface area contributed by atoms with Crippen molar-refractivity contribution < 1.29 is 9.59 Å². The van der Waals surface area contributed by atoms with Crippen LogP contribution in [0, 0.1) is 5.92 Å². The molecule has 0 bridgehead atoms. The third kappa shape index (κ3) is 7.77. The van der Waals surface area contributed by atoms with E-state index in [0.717, 1.165) is 50.0 Å². The van der Waals surface area contributed by atoms with Crippen molar-refractivity contribution in [3.8, 4) is 0 Å². The van der Waals surface area contributed by atoms with Crippen LogP contribution in [0.4, 0.5) is 11.4 Å². The topological polar surface area (TPSA) is 61.4 Å². The van der Waals surface area contributed by atoms with Crippen molar-refractivity contribution in [3.63, 3.8) is 0 Å². The highest BCUT2D eigenvalue weighted by molar-refractivity contribution is 6.32. The van der Waals surface area contributed by atoms with Crippen LogP contribution in [-0.2, 0) is 17.6 Å². The molecule has 1 atom stereocenters. The second-order valence-corrected chi connectivity index (χ2v) is 11.0. The monoisotopic (exact) mass is 565 g/mol. The van der Waals surface area contributed by atoms with Crippen molar-refractivity contribution in [2.24, 2.45) is 5.92 Å². The summed E-state index contributed by atoms with van der Waals surface area (Å²) in [4.78, 5) is 28.8. The normalized spacial score (nSPS) is 14.3. The molecule has 1 heterocycles. The van der Waals surface area contributed by atoms with E-state index >= 15 is 0 Å². The number of anilines is 2. The molecule has 4 aromatic rings. The smallest absolute Gasteiger partial charge is 0.253 e. The Balaban J connectivity index is 1.29. The van der Waals surface area contributed by atoms with Crippen molar-refractivity contribution >= 4 is 34.8 Å². The summed E-state index contributed by atoms with van der Waals surface area (Å²) in [6, 6.07) is 35.6. The van der Waals surface area contributed by atoms with Gasteiger partial charge in [0.25, 0.3) is 5.91 Å². The first kappa shape index (κ1) is 28.4. The number of alkyl halides is 1. The summed E-state index contributed by atoms with van der Waals surface area (Å²) in [5.74, 6) is 0.140. The van der Waals surface area contributed by atoms with E-state index in [0.29, 0.717) is 23.7 Å². The van der Waals surface area contributed by atoms with Crippen molar-refractivity contribution in [3.05, 3.63) is 131 Å². The van der Waals surface area contributed by atoms with Crippen LogP contribution < -0.4 is 15.5 Å². The van der Waals surface area contributed by atoms with Crippen LogP contribution in [-0.4, -0.2) is 31.4 Å². The summed E-state index contributed by atoms with van der Waals surface area (Å²) in [6.45, 7) is 2.28. The molecule has 1 saturated heterocycles. The highest BCUT2D eigenvalue weighted by atomic mass is 35.5. The molecular formula is C35H36ClN3O2. The molecule has 5 rings (SSSR count). The van der Waals surface area contributed by atoms with E-state index in [-0.39, 0.29) is 11.8 Å². The number of amides is 2. The lowest BCUT2D eigenvalue weighted by Crippen LogP contribution is -2.36. The summed E-state index contributed by atoms with van der Waals surface area (Å²) in [5.41, 5.74) is 5.27. The molecule has 41 heavy (non-hydrogen) atoms. The van der Waals surface area contributed by atoms with Crippen LogP contribution >= 0.6 is 11.6 Å². The standard InChI is InChI=1S/C35H36ClN3O2/c36-33(29-14-8-3-9-15-29)35(41)38-30-16-17-32(31(25-30)34(40)37-21-18-26-10-4-1-5-11-26)39-22-19-28(20-23-39)24-27-12-6-2-7-13-27/h1-17,25,28,33H,18-24H2,(H,37,40)(H,38,41). The molecule has 5 nitrogen and oxygen atoms in total. The van der Waals surface area contributed by atoms with E-state index in [4.69, 9.17) is 11.6 Å². The van der Waals surface area contributed by atoms with Gasteiger partial charge in [-0.1, -0.05) is 91.0 Å². The van der Waals surface area contributed by atoms with E-state index in [2.05, 4.69) is 58.0 Å². The number of nitrogens with zero attached hydrogens (tertiary/aromatic N) is 1. The van der Waals surface area contributed by atoms with Crippen molar-refractivity contribution in [1.82, 2.24) is 5.32 Å². The molecule has 4 aromatic carbocycles. The number of piperidine rings is 1. The van der Waals surface area contributed by atoms with Crippen LogP contribution in [0.3, 0.4) is 0 Å². The van der Waals surface area contributed by atoms with Gasteiger partial charge in [-0.15, -0.1) is 11.6 Å². The largest absolute Gasteiger partial charge is 0.371 e. The summed E-state index contributed by atoms with van der Waals surface area (Å²) in [7, 11) is 0. The average Bonchev–Trinajstić information content (AvgIpc) is 3.02. The minimum atomic E-state index is -0.831. The fraction of sp³-hybridized carbons (Fsp3) is 0.257. The Bertz CT molecular complexity index is 1420. The molecular weight excluding hydrogens is 530 g/mol. The Kier molecular flexibility index (Phi) is 9.71. The third-order valence-corrected chi connectivity index (χ3v) is 8.15. The van der Waals surface area contributed by atoms with Crippen LogP contribution in [0.2, 0.25) is 0 Å². The molecule has 0 spiro atoms. The maximum Gasteiger partial charge on any atom is 0.253 e. The Morgan fingerprint density at radius 1 is 0.805 bits per heavy atom. The van der Waals surface area contributed by atoms with Crippen LogP contribution in [0.25, 0.3) is 0 Å².